The van der Waals surface area contributed by atoms with Crippen LogP contribution >= 0.6 is 23.4 Å². The fraction of sp³-hybridized carbons (Fsp3) is 0.0769. The second-order valence-corrected chi connectivity index (χ2v) is 7.60. The van der Waals surface area contributed by atoms with Gasteiger partial charge in [0.15, 0.2) is 9.84 Å². The van der Waals surface area contributed by atoms with Crippen LogP contribution in [0.2, 0.25) is 5.02 Å². The lowest BCUT2D eigenvalue weighted by atomic mass is 10.3. The predicted molar refractivity (Wildman–Crippen MR) is 79.5 cm³/mol. The fourth-order valence-electron chi connectivity index (χ4n) is 1.48. The average Bonchev–Trinajstić information content (AvgIpc) is 2.33. The summed E-state index contributed by atoms with van der Waals surface area (Å²) in [5.74, 6) is 0. The molecule has 2 rings (SSSR count). The van der Waals surface area contributed by atoms with Crippen LogP contribution in [0.15, 0.2) is 57.2 Å². The number of rotatable bonds is 3. The fourth-order valence-corrected chi connectivity index (χ4v) is 3.24. The Morgan fingerprint density at radius 1 is 1.11 bits per heavy atom. The molecule has 0 radical (unpaired) electrons. The number of hydrogen-bond acceptors (Lipinski definition) is 4. The number of hydrogen-bond donors (Lipinski definition) is 1. The molecular weight excluding hydrogens is 302 g/mol. The van der Waals surface area contributed by atoms with Gasteiger partial charge < -0.3 is 5.73 Å². The first-order valence-corrected chi connectivity index (χ1v) is 8.48. The number of sulfone groups is 1. The Labute approximate surface area is 121 Å². The van der Waals surface area contributed by atoms with E-state index in [9.17, 15) is 8.42 Å². The molecule has 0 heterocycles. The van der Waals surface area contributed by atoms with Gasteiger partial charge in [0, 0.05) is 26.8 Å². The van der Waals surface area contributed by atoms with E-state index < -0.39 is 9.84 Å². The van der Waals surface area contributed by atoms with Crippen LogP contribution in [0.4, 0.5) is 5.69 Å². The van der Waals surface area contributed by atoms with E-state index in [0.29, 0.717) is 15.6 Å². The standard InChI is InChI=1S/C13H12ClNO2S2/c1-19(16,17)11-5-3-10(4-6-11)18-13-8-9(14)2-7-12(13)15/h2-8H,15H2,1H3. The Bertz CT molecular complexity index is 697. The van der Waals surface area contributed by atoms with Crippen molar-refractivity contribution in [1.29, 1.82) is 0 Å². The summed E-state index contributed by atoms with van der Waals surface area (Å²) in [6, 6.07) is 11.9. The molecule has 2 N–H and O–H groups in total. The highest BCUT2D eigenvalue weighted by Gasteiger charge is 2.07. The summed E-state index contributed by atoms with van der Waals surface area (Å²) in [4.78, 5) is 2.05. The van der Waals surface area contributed by atoms with Gasteiger partial charge in [0.05, 0.1) is 4.90 Å². The minimum Gasteiger partial charge on any atom is -0.398 e. The van der Waals surface area contributed by atoms with E-state index in [1.165, 1.54) is 18.0 Å². The molecule has 0 spiro atoms. The third-order valence-corrected chi connectivity index (χ3v) is 4.90. The third-order valence-electron chi connectivity index (χ3n) is 2.46. The minimum absolute atomic E-state index is 0.302. The summed E-state index contributed by atoms with van der Waals surface area (Å²) in [5.41, 5.74) is 6.50. The van der Waals surface area contributed by atoms with Crippen molar-refractivity contribution in [2.45, 2.75) is 14.7 Å². The van der Waals surface area contributed by atoms with Gasteiger partial charge in [-0.15, -0.1) is 0 Å². The second-order valence-electron chi connectivity index (χ2n) is 4.03. The lowest BCUT2D eigenvalue weighted by Gasteiger charge is -2.06. The van der Waals surface area contributed by atoms with Crippen molar-refractivity contribution in [3.63, 3.8) is 0 Å². The molecule has 0 bridgehead atoms. The van der Waals surface area contributed by atoms with Crippen LogP contribution in [-0.4, -0.2) is 14.7 Å². The second kappa shape index (κ2) is 5.45. The van der Waals surface area contributed by atoms with E-state index in [2.05, 4.69) is 0 Å². The summed E-state index contributed by atoms with van der Waals surface area (Å²) in [5, 5.41) is 0.615. The van der Waals surface area contributed by atoms with E-state index in [0.717, 1.165) is 9.79 Å². The molecule has 3 nitrogen and oxygen atoms in total. The normalized spacial score (nSPS) is 11.5. The third kappa shape index (κ3) is 3.65. The van der Waals surface area contributed by atoms with E-state index in [1.807, 2.05) is 0 Å². The van der Waals surface area contributed by atoms with E-state index >= 15 is 0 Å². The largest absolute Gasteiger partial charge is 0.398 e. The molecule has 19 heavy (non-hydrogen) atoms. The molecular formula is C13H12ClNO2S2. The molecule has 0 aliphatic rings. The summed E-state index contributed by atoms with van der Waals surface area (Å²) >= 11 is 7.36. The van der Waals surface area contributed by atoms with Gasteiger partial charge in [-0.25, -0.2) is 8.42 Å². The van der Waals surface area contributed by atoms with Crippen molar-refractivity contribution in [2.24, 2.45) is 0 Å². The quantitative estimate of drug-likeness (QED) is 0.881. The predicted octanol–water partition coefficient (Wildman–Crippen LogP) is 3.48. The van der Waals surface area contributed by atoms with Crippen molar-refractivity contribution < 1.29 is 8.42 Å². The Morgan fingerprint density at radius 2 is 1.74 bits per heavy atom. The van der Waals surface area contributed by atoms with Crippen LogP contribution in [0.1, 0.15) is 0 Å². The molecule has 2 aromatic rings. The van der Waals surface area contributed by atoms with Crippen LogP contribution in [0.5, 0.6) is 0 Å². The molecule has 0 amide bonds. The minimum atomic E-state index is -3.16. The van der Waals surface area contributed by atoms with Crippen LogP contribution in [0.3, 0.4) is 0 Å². The van der Waals surface area contributed by atoms with Crippen molar-refractivity contribution in [2.75, 3.05) is 12.0 Å². The van der Waals surface area contributed by atoms with Crippen LogP contribution in [-0.2, 0) is 9.84 Å². The van der Waals surface area contributed by atoms with Gasteiger partial charge in [0.2, 0.25) is 0 Å². The maximum Gasteiger partial charge on any atom is 0.175 e. The Balaban J connectivity index is 2.27. The topological polar surface area (TPSA) is 60.2 Å². The molecule has 0 unspecified atom stereocenters. The zero-order chi connectivity index (χ0) is 14.0. The first-order valence-electron chi connectivity index (χ1n) is 5.39. The van der Waals surface area contributed by atoms with E-state index in [-0.39, 0.29) is 0 Å². The smallest absolute Gasteiger partial charge is 0.175 e. The molecule has 0 saturated carbocycles. The van der Waals surface area contributed by atoms with Crippen LogP contribution in [0, 0.1) is 0 Å². The van der Waals surface area contributed by atoms with Gasteiger partial charge in [-0.05, 0) is 42.5 Å². The number of nitrogen functional groups attached to an aromatic ring is 1. The molecule has 0 aliphatic heterocycles. The SMILES string of the molecule is CS(=O)(=O)c1ccc(Sc2cc(Cl)ccc2N)cc1. The van der Waals surface area contributed by atoms with Crippen molar-refractivity contribution in [3.8, 4) is 0 Å². The molecule has 0 aromatic heterocycles. The van der Waals surface area contributed by atoms with Crippen LogP contribution in [0.25, 0.3) is 0 Å². The van der Waals surface area contributed by atoms with Gasteiger partial charge in [0.25, 0.3) is 0 Å². The lowest BCUT2D eigenvalue weighted by molar-refractivity contribution is 0.602. The Morgan fingerprint density at radius 3 is 2.32 bits per heavy atom. The number of halogens is 1. The van der Waals surface area contributed by atoms with E-state index in [1.54, 1.807) is 42.5 Å². The molecule has 100 valence electrons. The molecule has 6 heteroatoms. The maximum absolute atomic E-state index is 11.4. The van der Waals surface area contributed by atoms with Gasteiger partial charge in [-0.2, -0.15) is 0 Å². The maximum atomic E-state index is 11.4. The zero-order valence-corrected chi connectivity index (χ0v) is 12.5. The monoisotopic (exact) mass is 313 g/mol. The van der Waals surface area contributed by atoms with E-state index in [4.69, 9.17) is 17.3 Å². The molecule has 0 atom stereocenters. The average molecular weight is 314 g/mol. The van der Waals surface area contributed by atoms with Crippen molar-refractivity contribution >= 4 is 38.9 Å². The Hall–Kier alpha value is -1.17. The highest BCUT2D eigenvalue weighted by molar-refractivity contribution is 7.99. The Kier molecular flexibility index (Phi) is 4.08. The first-order chi connectivity index (χ1) is 8.86. The summed E-state index contributed by atoms with van der Waals surface area (Å²) < 4.78 is 22.7. The highest BCUT2D eigenvalue weighted by atomic mass is 35.5. The van der Waals surface area contributed by atoms with Crippen LogP contribution < -0.4 is 5.73 Å². The summed E-state index contributed by atoms with van der Waals surface area (Å²) in [6.07, 6.45) is 1.18. The highest BCUT2D eigenvalue weighted by Crippen LogP contribution is 2.34. The van der Waals surface area contributed by atoms with Gasteiger partial charge in [-0.1, -0.05) is 23.4 Å². The number of nitrogens with two attached hydrogens (primary N) is 1. The number of anilines is 1. The summed E-state index contributed by atoms with van der Waals surface area (Å²) in [6.45, 7) is 0. The molecule has 0 aliphatic carbocycles. The molecule has 0 fully saturated rings. The zero-order valence-electron chi connectivity index (χ0n) is 10.1. The van der Waals surface area contributed by atoms with Gasteiger partial charge in [-0.3, -0.25) is 0 Å². The molecule has 2 aromatic carbocycles. The van der Waals surface area contributed by atoms with Gasteiger partial charge >= 0.3 is 0 Å². The summed E-state index contributed by atoms with van der Waals surface area (Å²) in [7, 11) is -3.16. The van der Waals surface area contributed by atoms with Gasteiger partial charge in [0.1, 0.15) is 0 Å². The van der Waals surface area contributed by atoms with Crippen molar-refractivity contribution in [3.05, 3.63) is 47.5 Å². The molecule has 0 saturated heterocycles. The lowest BCUT2D eigenvalue weighted by Crippen LogP contribution is -1.96. The first kappa shape index (κ1) is 14.2. The van der Waals surface area contributed by atoms with Crippen molar-refractivity contribution in [1.82, 2.24) is 0 Å². The number of benzene rings is 2.